The van der Waals surface area contributed by atoms with Gasteiger partial charge in [-0.05, 0) is 19.3 Å². The van der Waals surface area contributed by atoms with Gasteiger partial charge in [0, 0.05) is 19.1 Å². The average Bonchev–Trinajstić information content (AvgIpc) is 2.74. The summed E-state index contributed by atoms with van der Waals surface area (Å²) in [6, 6.07) is 0.545. The van der Waals surface area contributed by atoms with Crippen LogP contribution in [-0.4, -0.2) is 49.8 Å². The normalized spacial score (nSPS) is 31.3. The minimum absolute atomic E-state index is 0.115. The molecule has 1 aliphatic heterocycles. The molecule has 2 fully saturated rings. The zero-order chi connectivity index (χ0) is 10.7. The molecule has 4 nitrogen and oxygen atoms in total. The van der Waals surface area contributed by atoms with E-state index in [1.165, 1.54) is 26.4 Å². The van der Waals surface area contributed by atoms with Gasteiger partial charge in [-0.3, -0.25) is 9.69 Å². The standard InChI is InChI=1S/C11H19NO3/c1-14-11(13)5-6-12-7-8-15-10-4-2-3-9(10)12/h9-10H,2-8H2,1H3. The van der Waals surface area contributed by atoms with Crippen LogP contribution in [0.3, 0.4) is 0 Å². The summed E-state index contributed by atoms with van der Waals surface area (Å²) in [5.41, 5.74) is 0. The van der Waals surface area contributed by atoms with Crippen LogP contribution in [-0.2, 0) is 14.3 Å². The van der Waals surface area contributed by atoms with Gasteiger partial charge in [-0.25, -0.2) is 0 Å². The lowest BCUT2D eigenvalue weighted by Crippen LogP contribution is -2.49. The molecule has 0 aromatic carbocycles. The summed E-state index contributed by atoms with van der Waals surface area (Å²) in [6.07, 6.45) is 4.56. The number of rotatable bonds is 3. The second-order valence-electron chi connectivity index (χ2n) is 4.27. The molecule has 0 bridgehead atoms. The van der Waals surface area contributed by atoms with Gasteiger partial charge in [0.1, 0.15) is 0 Å². The molecular formula is C11H19NO3. The average molecular weight is 213 g/mol. The van der Waals surface area contributed by atoms with Crippen LogP contribution < -0.4 is 0 Å². The fourth-order valence-electron chi connectivity index (χ4n) is 2.62. The maximum atomic E-state index is 11.1. The number of fused-ring (bicyclic) bond motifs is 1. The van der Waals surface area contributed by atoms with E-state index in [9.17, 15) is 4.79 Å². The van der Waals surface area contributed by atoms with E-state index in [2.05, 4.69) is 9.64 Å². The molecule has 0 spiro atoms. The minimum Gasteiger partial charge on any atom is -0.469 e. The lowest BCUT2D eigenvalue weighted by Gasteiger charge is -2.37. The Bertz CT molecular complexity index is 232. The Labute approximate surface area is 90.5 Å². The van der Waals surface area contributed by atoms with E-state index in [1.807, 2.05) is 0 Å². The second kappa shape index (κ2) is 4.94. The summed E-state index contributed by atoms with van der Waals surface area (Å²) in [6.45, 7) is 2.58. The Hall–Kier alpha value is -0.610. The fourth-order valence-corrected chi connectivity index (χ4v) is 2.62. The van der Waals surface area contributed by atoms with E-state index in [0.717, 1.165) is 19.7 Å². The van der Waals surface area contributed by atoms with Gasteiger partial charge in [-0.15, -0.1) is 0 Å². The van der Waals surface area contributed by atoms with Crippen molar-refractivity contribution in [1.29, 1.82) is 0 Å². The van der Waals surface area contributed by atoms with Gasteiger partial charge < -0.3 is 9.47 Å². The molecule has 4 heteroatoms. The Kier molecular flexibility index (Phi) is 3.59. The van der Waals surface area contributed by atoms with E-state index in [1.54, 1.807) is 0 Å². The molecule has 1 saturated carbocycles. The van der Waals surface area contributed by atoms with E-state index >= 15 is 0 Å². The predicted octanol–water partition coefficient (Wildman–Crippen LogP) is 0.803. The predicted molar refractivity (Wildman–Crippen MR) is 55.6 cm³/mol. The monoisotopic (exact) mass is 213 g/mol. The smallest absolute Gasteiger partial charge is 0.306 e. The molecule has 2 atom stereocenters. The first kappa shape index (κ1) is 10.9. The van der Waals surface area contributed by atoms with Crippen molar-refractivity contribution < 1.29 is 14.3 Å². The van der Waals surface area contributed by atoms with Crippen LogP contribution >= 0.6 is 0 Å². The number of nitrogens with zero attached hydrogens (tertiary/aromatic N) is 1. The zero-order valence-electron chi connectivity index (χ0n) is 9.28. The first-order chi connectivity index (χ1) is 7.31. The van der Waals surface area contributed by atoms with Crippen molar-refractivity contribution in [2.45, 2.75) is 37.8 Å². The molecule has 0 aromatic rings. The molecule has 15 heavy (non-hydrogen) atoms. The molecule has 1 aliphatic carbocycles. The molecule has 2 aliphatic rings. The highest BCUT2D eigenvalue weighted by Crippen LogP contribution is 2.29. The van der Waals surface area contributed by atoms with Gasteiger partial charge in [0.15, 0.2) is 0 Å². The summed E-state index contributed by atoms with van der Waals surface area (Å²) in [4.78, 5) is 13.5. The molecule has 0 radical (unpaired) electrons. The highest BCUT2D eigenvalue weighted by Gasteiger charge is 2.35. The van der Waals surface area contributed by atoms with Crippen LogP contribution in [0.1, 0.15) is 25.7 Å². The number of carbonyl (C=O) groups excluding carboxylic acids is 1. The maximum Gasteiger partial charge on any atom is 0.306 e. The van der Waals surface area contributed by atoms with Crippen LogP contribution in [0.15, 0.2) is 0 Å². The number of hydrogen-bond donors (Lipinski definition) is 0. The number of ether oxygens (including phenoxy) is 2. The van der Waals surface area contributed by atoms with Crippen LogP contribution in [0.2, 0.25) is 0 Å². The highest BCUT2D eigenvalue weighted by atomic mass is 16.5. The third kappa shape index (κ3) is 2.49. The first-order valence-electron chi connectivity index (χ1n) is 5.73. The number of methoxy groups -OCH3 is 1. The van der Waals surface area contributed by atoms with Crippen LogP contribution in [0.5, 0.6) is 0 Å². The number of esters is 1. The third-order valence-electron chi connectivity index (χ3n) is 3.43. The molecule has 2 rings (SSSR count). The van der Waals surface area contributed by atoms with Gasteiger partial charge in [-0.1, -0.05) is 0 Å². The topological polar surface area (TPSA) is 38.8 Å². The Morgan fingerprint density at radius 2 is 2.40 bits per heavy atom. The van der Waals surface area contributed by atoms with Gasteiger partial charge in [0.2, 0.25) is 0 Å². The third-order valence-corrected chi connectivity index (χ3v) is 3.43. The summed E-state index contributed by atoms with van der Waals surface area (Å²) in [5, 5.41) is 0. The van der Waals surface area contributed by atoms with Crippen molar-refractivity contribution in [3.05, 3.63) is 0 Å². The van der Waals surface area contributed by atoms with Crippen LogP contribution in [0, 0.1) is 0 Å². The fraction of sp³-hybridized carbons (Fsp3) is 0.909. The van der Waals surface area contributed by atoms with Gasteiger partial charge in [0.25, 0.3) is 0 Å². The zero-order valence-corrected chi connectivity index (χ0v) is 9.28. The van der Waals surface area contributed by atoms with Crippen molar-refractivity contribution >= 4 is 5.97 Å². The molecule has 86 valence electrons. The summed E-state index contributed by atoms with van der Waals surface area (Å²) < 4.78 is 10.4. The van der Waals surface area contributed by atoms with Crippen molar-refractivity contribution in [3.8, 4) is 0 Å². The molecule has 1 saturated heterocycles. The molecule has 1 heterocycles. The van der Waals surface area contributed by atoms with Gasteiger partial charge in [0.05, 0.1) is 26.2 Å². The van der Waals surface area contributed by atoms with Crippen molar-refractivity contribution in [3.63, 3.8) is 0 Å². The van der Waals surface area contributed by atoms with Gasteiger partial charge >= 0.3 is 5.97 Å². The summed E-state index contributed by atoms with van der Waals surface area (Å²) >= 11 is 0. The largest absolute Gasteiger partial charge is 0.469 e. The van der Waals surface area contributed by atoms with Crippen molar-refractivity contribution in [1.82, 2.24) is 4.90 Å². The quantitative estimate of drug-likeness (QED) is 0.650. The molecule has 2 unspecified atom stereocenters. The van der Waals surface area contributed by atoms with Crippen molar-refractivity contribution in [2.24, 2.45) is 0 Å². The lowest BCUT2D eigenvalue weighted by atomic mass is 10.1. The molecular weight excluding hydrogens is 194 g/mol. The molecule has 0 amide bonds. The molecule has 0 aromatic heterocycles. The maximum absolute atomic E-state index is 11.1. The van der Waals surface area contributed by atoms with Crippen LogP contribution in [0.4, 0.5) is 0 Å². The van der Waals surface area contributed by atoms with Crippen molar-refractivity contribution in [2.75, 3.05) is 26.8 Å². The minimum atomic E-state index is -0.115. The number of hydrogen-bond acceptors (Lipinski definition) is 4. The summed E-state index contributed by atoms with van der Waals surface area (Å²) in [7, 11) is 1.44. The van der Waals surface area contributed by atoms with E-state index < -0.39 is 0 Å². The highest BCUT2D eigenvalue weighted by molar-refractivity contribution is 5.69. The number of morpholine rings is 1. The first-order valence-corrected chi connectivity index (χ1v) is 5.73. The lowest BCUT2D eigenvalue weighted by molar-refractivity contribution is -0.141. The Morgan fingerprint density at radius 3 is 3.20 bits per heavy atom. The van der Waals surface area contributed by atoms with Crippen LogP contribution in [0.25, 0.3) is 0 Å². The van der Waals surface area contributed by atoms with Gasteiger partial charge in [-0.2, -0.15) is 0 Å². The number of carbonyl (C=O) groups is 1. The Balaban J connectivity index is 1.82. The summed E-state index contributed by atoms with van der Waals surface area (Å²) in [5.74, 6) is -0.115. The SMILES string of the molecule is COC(=O)CCN1CCOC2CCCC21. The molecule has 0 N–H and O–H groups in total. The second-order valence-corrected chi connectivity index (χ2v) is 4.27. The van der Waals surface area contributed by atoms with E-state index in [4.69, 9.17) is 4.74 Å². The van der Waals surface area contributed by atoms with E-state index in [-0.39, 0.29) is 5.97 Å². The van der Waals surface area contributed by atoms with E-state index in [0.29, 0.717) is 18.6 Å². The Morgan fingerprint density at radius 1 is 1.53 bits per heavy atom.